The highest BCUT2D eigenvalue weighted by atomic mass is 32.2. The molecule has 0 spiro atoms. The van der Waals surface area contributed by atoms with Crippen LogP contribution in [0.15, 0.2) is 29.9 Å². The Morgan fingerprint density at radius 1 is 1.29 bits per heavy atom. The van der Waals surface area contributed by atoms with Gasteiger partial charge in [-0.15, -0.1) is 11.3 Å². The van der Waals surface area contributed by atoms with Crippen LogP contribution in [0.1, 0.15) is 11.0 Å². The van der Waals surface area contributed by atoms with E-state index >= 15 is 0 Å². The molecule has 3 nitrogen and oxygen atoms in total. The lowest BCUT2D eigenvalue weighted by atomic mass is 10.2. The molecule has 1 unspecified atom stereocenters. The van der Waals surface area contributed by atoms with Gasteiger partial charge in [0.15, 0.2) is 0 Å². The lowest BCUT2D eigenvalue weighted by Gasteiger charge is -2.20. The van der Waals surface area contributed by atoms with Crippen LogP contribution in [-0.4, -0.2) is 28.0 Å². The normalized spacial score (nSPS) is 20.4. The average Bonchev–Trinajstić information content (AvgIpc) is 2.90. The summed E-state index contributed by atoms with van der Waals surface area (Å²) in [5.74, 6) is 2.34. The number of pyridine rings is 1. The zero-order valence-electron chi connectivity index (χ0n) is 9.30. The van der Waals surface area contributed by atoms with E-state index in [2.05, 4.69) is 15.7 Å². The Bertz CT molecular complexity index is 478. The molecule has 5 heteroatoms. The zero-order chi connectivity index (χ0) is 11.5. The summed E-state index contributed by atoms with van der Waals surface area (Å²) in [6.45, 7) is 1.08. The Labute approximate surface area is 109 Å². The molecule has 1 aliphatic rings. The minimum atomic E-state index is 0.425. The van der Waals surface area contributed by atoms with Crippen LogP contribution in [0.3, 0.4) is 0 Å². The quantitative estimate of drug-likeness (QED) is 0.903. The van der Waals surface area contributed by atoms with Gasteiger partial charge in [0, 0.05) is 41.4 Å². The predicted octanol–water partition coefficient (Wildman–Crippen LogP) is 2.58. The number of hydrogen-bond donors (Lipinski definition) is 1. The van der Waals surface area contributed by atoms with Crippen molar-refractivity contribution in [3.63, 3.8) is 0 Å². The minimum Gasteiger partial charge on any atom is -0.306 e. The molecule has 0 bridgehead atoms. The minimum absolute atomic E-state index is 0.425. The number of rotatable bonds is 2. The molecule has 0 aromatic carbocycles. The molecule has 0 aliphatic carbocycles. The topological polar surface area (TPSA) is 37.8 Å². The van der Waals surface area contributed by atoms with Gasteiger partial charge in [0.05, 0.1) is 11.7 Å². The molecule has 0 radical (unpaired) electrons. The molecule has 2 aromatic heterocycles. The first kappa shape index (κ1) is 11.2. The van der Waals surface area contributed by atoms with E-state index in [9.17, 15) is 0 Å². The Hall–Kier alpha value is -0.910. The molecule has 3 heterocycles. The number of aromatic nitrogens is 2. The largest absolute Gasteiger partial charge is 0.306 e. The summed E-state index contributed by atoms with van der Waals surface area (Å²) in [5.41, 5.74) is 2.20. The SMILES string of the molecule is c1cc(-c2csc(C3CSCCN3)n2)ccn1. The Morgan fingerprint density at radius 2 is 2.18 bits per heavy atom. The van der Waals surface area contributed by atoms with Crippen LogP contribution >= 0.6 is 23.1 Å². The summed E-state index contributed by atoms with van der Waals surface area (Å²) in [5, 5.41) is 6.84. The summed E-state index contributed by atoms with van der Waals surface area (Å²) in [4.78, 5) is 8.75. The van der Waals surface area contributed by atoms with Gasteiger partial charge in [0.2, 0.25) is 0 Å². The molecule has 0 amide bonds. The van der Waals surface area contributed by atoms with Gasteiger partial charge in [0.1, 0.15) is 5.01 Å². The molecule has 1 fully saturated rings. The number of thiazole rings is 1. The van der Waals surface area contributed by atoms with Crippen molar-refractivity contribution in [3.8, 4) is 11.3 Å². The van der Waals surface area contributed by atoms with E-state index in [1.165, 1.54) is 10.8 Å². The van der Waals surface area contributed by atoms with E-state index in [4.69, 9.17) is 4.98 Å². The highest BCUT2D eigenvalue weighted by Gasteiger charge is 2.18. The van der Waals surface area contributed by atoms with Gasteiger partial charge < -0.3 is 5.32 Å². The third-order valence-corrected chi connectivity index (χ3v) is 4.74. The Balaban J connectivity index is 1.83. The lowest BCUT2D eigenvalue weighted by molar-refractivity contribution is 0.592. The fourth-order valence-corrected chi connectivity index (χ4v) is 3.78. The van der Waals surface area contributed by atoms with E-state index in [1.54, 1.807) is 11.3 Å². The first-order valence-electron chi connectivity index (χ1n) is 5.60. The Morgan fingerprint density at radius 3 is 2.94 bits per heavy atom. The standard InChI is InChI=1S/C12H13N3S2/c1-3-13-4-2-9(1)10-8-17-12(15-10)11-7-16-6-5-14-11/h1-4,8,11,14H,5-7H2. The monoisotopic (exact) mass is 263 g/mol. The molecular weight excluding hydrogens is 250 g/mol. The van der Waals surface area contributed by atoms with Gasteiger partial charge in [-0.2, -0.15) is 11.8 Å². The van der Waals surface area contributed by atoms with Crippen LogP contribution in [0.5, 0.6) is 0 Å². The number of nitrogens with one attached hydrogen (secondary N) is 1. The number of hydrogen-bond acceptors (Lipinski definition) is 5. The van der Waals surface area contributed by atoms with Gasteiger partial charge in [-0.3, -0.25) is 4.98 Å². The molecule has 1 aliphatic heterocycles. The number of nitrogens with zero attached hydrogens (tertiary/aromatic N) is 2. The van der Waals surface area contributed by atoms with Crippen LogP contribution in [0.4, 0.5) is 0 Å². The fraction of sp³-hybridized carbons (Fsp3) is 0.333. The second-order valence-electron chi connectivity index (χ2n) is 3.89. The molecule has 0 saturated carbocycles. The third kappa shape index (κ3) is 2.51. The summed E-state index contributed by atoms with van der Waals surface area (Å²) in [7, 11) is 0. The molecule has 17 heavy (non-hydrogen) atoms. The van der Waals surface area contributed by atoms with Crippen LogP contribution in [0.25, 0.3) is 11.3 Å². The summed E-state index contributed by atoms with van der Waals surface area (Å²) >= 11 is 3.74. The highest BCUT2D eigenvalue weighted by Crippen LogP contribution is 2.28. The average molecular weight is 263 g/mol. The highest BCUT2D eigenvalue weighted by molar-refractivity contribution is 7.99. The maximum Gasteiger partial charge on any atom is 0.111 e. The van der Waals surface area contributed by atoms with Gasteiger partial charge in [-0.05, 0) is 12.1 Å². The van der Waals surface area contributed by atoms with Crippen molar-refractivity contribution in [1.29, 1.82) is 0 Å². The van der Waals surface area contributed by atoms with Crippen LogP contribution < -0.4 is 5.32 Å². The van der Waals surface area contributed by atoms with Crippen molar-refractivity contribution >= 4 is 23.1 Å². The first-order valence-corrected chi connectivity index (χ1v) is 7.64. The second kappa shape index (κ2) is 5.16. The third-order valence-electron chi connectivity index (χ3n) is 2.72. The number of thioether (sulfide) groups is 1. The predicted molar refractivity (Wildman–Crippen MR) is 73.4 cm³/mol. The first-order chi connectivity index (χ1) is 8.43. The summed E-state index contributed by atoms with van der Waals surface area (Å²) in [6, 6.07) is 4.43. The van der Waals surface area contributed by atoms with E-state index in [0.29, 0.717) is 6.04 Å². The van der Waals surface area contributed by atoms with E-state index in [1.807, 2.05) is 36.3 Å². The molecule has 2 aromatic rings. The summed E-state index contributed by atoms with van der Waals surface area (Å²) < 4.78 is 0. The zero-order valence-corrected chi connectivity index (χ0v) is 10.9. The maximum absolute atomic E-state index is 4.72. The Kier molecular flexibility index (Phi) is 3.40. The van der Waals surface area contributed by atoms with Crippen molar-refractivity contribution in [1.82, 2.24) is 15.3 Å². The van der Waals surface area contributed by atoms with Crippen LogP contribution in [-0.2, 0) is 0 Å². The van der Waals surface area contributed by atoms with Crippen molar-refractivity contribution in [3.05, 3.63) is 34.9 Å². The smallest absolute Gasteiger partial charge is 0.111 e. The van der Waals surface area contributed by atoms with Gasteiger partial charge in [-0.25, -0.2) is 4.98 Å². The van der Waals surface area contributed by atoms with Crippen molar-refractivity contribution in [2.75, 3.05) is 18.1 Å². The molecule has 88 valence electrons. The molecule has 1 saturated heterocycles. The molecule has 3 rings (SSSR count). The van der Waals surface area contributed by atoms with Gasteiger partial charge in [0.25, 0.3) is 0 Å². The van der Waals surface area contributed by atoms with Crippen LogP contribution in [0.2, 0.25) is 0 Å². The summed E-state index contributed by atoms with van der Waals surface area (Å²) in [6.07, 6.45) is 3.62. The van der Waals surface area contributed by atoms with Crippen molar-refractivity contribution in [2.24, 2.45) is 0 Å². The van der Waals surface area contributed by atoms with E-state index < -0.39 is 0 Å². The van der Waals surface area contributed by atoms with Crippen molar-refractivity contribution < 1.29 is 0 Å². The van der Waals surface area contributed by atoms with Gasteiger partial charge in [-0.1, -0.05) is 0 Å². The lowest BCUT2D eigenvalue weighted by Crippen LogP contribution is -2.30. The van der Waals surface area contributed by atoms with Gasteiger partial charge >= 0.3 is 0 Å². The molecule has 1 atom stereocenters. The van der Waals surface area contributed by atoms with Crippen LogP contribution in [0, 0.1) is 0 Å². The molecular formula is C12H13N3S2. The molecule has 1 N–H and O–H groups in total. The maximum atomic E-state index is 4.72. The fourth-order valence-electron chi connectivity index (χ4n) is 1.83. The van der Waals surface area contributed by atoms with Crippen molar-refractivity contribution in [2.45, 2.75) is 6.04 Å². The van der Waals surface area contributed by atoms with E-state index in [-0.39, 0.29) is 0 Å². The second-order valence-corrected chi connectivity index (χ2v) is 5.93. The van der Waals surface area contributed by atoms with E-state index in [0.717, 1.165) is 23.6 Å².